The fourth-order valence-corrected chi connectivity index (χ4v) is 3.47. The van der Waals surface area contributed by atoms with Crippen molar-refractivity contribution in [2.75, 3.05) is 11.9 Å². The van der Waals surface area contributed by atoms with Gasteiger partial charge in [-0.25, -0.2) is 4.99 Å². The fourth-order valence-electron chi connectivity index (χ4n) is 3.47. The molecule has 1 unspecified atom stereocenters. The van der Waals surface area contributed by atoms with E-state index in [1.54, 1.807) is 6.34 Å². The van der Waals surface area contributed by atoms with Crippen LogP contribution in [0.5, 0.6) is 0 Å². The second-order valence-electron chi connectivity index (χ2n) is 7.81. The molecule has 0 aromatic heterocycles. The van der Waals surface area contributed by atoms with Gasteiger partial charge in [-0.1, -0.05) is 46.4 Å². The van der Waals surface area contributed by atoms with Gasteiger partial charge in [-0.05, 0) is 44.4 Å². The topological polar surface area (TPSA) is 87.0 Å². The zero-order valence-electron chi connectivity index (χ0n) is 20.7. The zero-order valence-corrected chi connectivity index (χ0v) is 20.7. The van der Waals surface area contributed by atoms with Crippen LogP contribution in [0.4, 0.5) is 5.69 Å². The summed E-state index contributed by atoms with van der Waals surface area (Å²) in [5.74, 6) is 0.674. The van der Waals surface area contributed by atoms with Gasteiger partial charge in [-0.2, -0.15) is 5.26 Å². The van der Waals surface area contributed by atoms with E-state index in [4.69, 9.17) is 15.5 Å². The van der Waals surface area contributed by atoms with E-state index in [-0.39, 0.29) is 23.8 Å². The van der Waals surface area contributed by atoms with Gasteiger partial charge >= 0.3 is 0 Å². The van der Waals surface area contributed by atoms with E-state index >= 15 is 0 Å². The van der Waals surface area contributed by atoms with E-state index in [0.29, 0.717) is 11.3 Å². The van der Waals surface area contributed by atoms with Crippen molar-refractivity contribution in [1.29, 1.82) is 5.26 Å². The molecule has 2 N–H and O–H groups in total. The van der Waals surface area contributed by atoms with Crippen LogP contribution in [-0.4, -0.2) is 25.1 Å². The molecule has 0 saturated heterocycles. The quantitative estimate of drug-likeness (QED) is 0.426. The van der Waals surface area contributed by atoms with Crippen molar-refractivity contribution in [1.82, 2.24) is 0 Å². The number of benzene rings is 1. The first-order valence-electron chi connectivity index (χ1n) is 11.0. The van der Waals surface area contributed by atoms with E-state index in [1.807, 2.05) is 70.8 Å². The summed E-state index contributed by atoms with van der Waals surface area (Å²) in [7, 11) is 1.91. The van der Waals surface area contributed by atoms with E-state index in [1.165, 1.54) is 6.20 Å². The Bertz CT molecular complexity index is 943. The van der Waals surface area contributed by atoms with Crippen molar-refractivity contribution in [2.45, 2.75) is 60.4 Å². The second-order valence-corrected chi connectivity index (χ2v) is 7.81. The normalized spacial score (nSPS) is 16.7. The molecule has 0 spiro atoms. The Kier molecular flexibility index (Phi) is 10.4. The Morgan fingerprint density at radius 3 is 2.28 bits per heavy atom. The van der Waals surface area contributed by atoms with Crippen LogP contribution >= 0.6 is 0 Å². The van der Waals surface area contributed by atoms with Crippen LogP contribution in [0.2, 0.25) is 0 Å². The average Bonchev–Trinajstić information content (AvgIpc) is 2.77. The molecule has 172 valence electrons. The molecule has 1 aliphatic rings. The summed E-state index contributed by atoms with van der Waals surface area (Å²) in [6, 6.07) is 10.4. The summed E-state index contributed by atoms with van der Waals surface area (Å²) in [5, 5.41) is 9.87. The predicted octanol–water partition coefficient (Wildman–Crippen LogP) is 5.91. The van der Waals surface area contributed by atoms with Crippen LogP contribution in [0, 0.1) is 17.2 Å². The number of allylic oxidation sites excluding steroid dienone is 3. The summed E-state index contributed by atoms with van der Waals surface area (Å²) >= 11 is 0. The Morgan fingerprint density at radius 1 is 1.22 bits per heavy atom. The SMILES string of the molecule is C=CN=CN(C)c1ccc(C2C(C#N)=C(N)OC(C)=C2C(=NC(C)C)C(C)C)cc1.CC. The molecular weight excluding hydrogens is 398 g/mol. The number of anilines is 1. The molecule has 0 bridgehead atoms. The van der Waals surface area contributed by atoms with Crippen molar-refractivity contribution < 1.29 is 4.74 Å². The first-order chi connectivity index (χ1) is 15.2. The number of nitriles is 1. The Morgan fingerprint density at radius 2 is 1.81 bits per heavy atom. The minimum atomic E-state index is -0.329. The lowest BCUT2D eigenvalue weighted by molar-refractivity contribution is 0.283. The molecule has 0 radical (unpaired) electrons. The van der Waals surface area contributed by atoms with Crippen LogP contribution in [-0.2, 0) is 4.74 Å². The molecular formula is C26H37N5O. The molecule has 2 rings (SSSR count). The standard InChI is InChI=1S/C24H31N5O.C2H6/c1-8-27-14-29(7)19-11-9-18(10-12-19)22-20(13-25)24(26)30-17(6)21(22)23(15(2)3)28-16(4)5;1-2/h8-12,14-16,22H,1,26H2,2-7H3;1-2H3. The number of nitrogens with two attached hydrogens (primary N) is 1. The van der Waals surface area contributed by atoms with Gasteiger partial charge in [0.15, 0.2) is 0 Å². The fraction of sp³-hybridized carbons (Fsp3) is 0.423. The first kappa shape index (κ1) is 26.7. The van der Waals surface area contributed by atoms with Gasteiger partial charge in [-0.15, -0.1) is 0 Å². The Labute approximate surface area is 193 Å². The molecule has 0 aliphatic carbocycles. The monoisotopic (exact) mass is 435 g/mol. The summed E-state index contributed by atoms with van der Waals surface area (Å²) in [4.78, 5) is 10.8. The van der Waals surface area contributed by atoms with Crippen molar-refractivity contribution in [2.24, 2.45) is 21.6 Å². The smallest absolute Gasteiger partial charge is 0.205 e. The summed E-state index contributed by atoms with van der Waals surface area (Å²) in [6.45, 7) is 17.8. The van der Waals surface area contributed by atoms with Crippen LogP contribution in [0.1, 0.15) is 59.9 Å². The second kappa shape index (κ2) is 12.5. The summed E-state index contributed by atoms with van der Waals surface area (Å²) in [6.07, 6.45) is 3.18. The molecule has 32 heavy (non-hydrogen) atoms. The molecule has 0 fully saturated rings. The molecule has 0 amide bonds. The van der Waals surface area contributed by atoms with Gasteiger partial charge in [0.2, 0.25) is 5.88 Å². The maximum atomic E-state index is 9.87. The maximum Gasteiger partial charge on any atom is 0.205 e. The number of aliphatic imine (C=N–C) groups is 2. The van der Waals surface area contributed by atoms with Gasteiger partial charge in [0, 0.05) is 36.3 Å². The van der Waals surface area contributed by atoms with E-state index in [9.17, 15) is 5.26 Å². The largest absolute Gasteiger partial charge is 0.445 e. The highest BCUT2D eigenvalue weighted by Crippen LogP contribution is 2.41. The third-order valence-electron chi connectivity index (χ3n) is 4.80. The summed E-state index contributed by atoms with van der Waals surface area (Å²) < 4.78 is 5.77. The summed E-state index contributed by atoms with van der Waals surface area (Å²) in [5.41, 5.74) is 10.3. The lowest BCUT2D eigenvalue weighted by Crippen LogP contribution is -2.27. The highest BCUT2D eigenvalue weighted by atomic mass is 16.5. The van der Waals surface area contributed by atoms with E-state index in [0.717, 1.165) is 22.5 Å². The third-order valence-corrected chi connectivity index (χ3v) is 4.80. The molecule has 1 heterocycles. The van der Waals surface area contributed by atoms with Crippen molar-refractivity contribution >= 4 is 17.7 Å². The average molecular weight is 436 g/mol. The predicted molar refractivity (Wildman–Crippen MR) is 136 cm³/mol. The lowest BCUT2D eigenvalue weighted by atomic mass is 9.78. The number of hydrogen-bond acceptors (Lipinski definition) is 5. The maximum absolute atomic E-state index is 9.87. The third kappa shape index (κ3) is 6.34. The van der Waals surface area contributed by atoms with Gasteiger partial charge in [0.25, 0.3) is 0 Å². The highest BCUT2D eigenvalue weighted by Gasteiger charge is 2.35. The number of nitrogens with zero attached hydrogens (tertiary/aromatic N) is 4. The Hall–Kier alpha value is -3.33. The molecule has 6 heteroatoms. The van der Waals surface area contributed by atoms with Gasteiger partial charge in [-0.3, -0.25) is 4.99 Å². The van der Waals surface area contributed by atoms with E-state index < -0.39 is 0 Å². The highest BCUT2D eigenvalue weighted by molar-refractivity contribution is 6.04. The van der Waals surface area contributed by atoms with Crippen molar-refractivity contribution in [3.05, 3.63) is 65.4 Å². The number of rotatable bonds is 7. The van der Waals surface area contributed by atoms with E-state index in [2.05, 4.69) is 31.5 Å². The minimum absolute atomic E-state index is 0.123. The molecule has 1 aliphatic heterocycles. The van der Waals surface area contributed by atoms with Gasteiger partial charge in [0.05, 0.1) is 12.3 Å². The minimum Gasteiger partial charge on any atom is -0.445 e. The van der Waals surface area contributed by atoms with Crippen LogP contribution < -0.4 is 10.6 Å². The van der Waals surface area contributed by atoms with Crippen molar-refractivity contribution in [3.63, 3.8) is 0 Å². The Balaban J connectivity index is 0.00000249. The zero-order chi connectivity index (χ0) is 24.4. The molecule has 1 aromatic rings. The van der Waals surface area contributed by atoms with Crippen molar-refractivity contribution in [3.8, 4) is 6.07 Å². The molecule has 1 atom stereocenters. The van der Waals surface area contributed by atoms with Crippen LogP contribution in [0.15, 0.2) is 69.8 Å². The van der Waals surface area contributed by atoms with Crippen LogP contribution in [0.3, 0.4) is 0 Å². The molecule has 6 nitrogen and oxygen atoms in total. The lowest BCUT2D eigenvalue weighted by Gasteiger charge is -2.31. The molecule has 1 aromatic carbocycles. The van der Waals surface area contributed by atoms with Crippen LogP contribution in [0.25, 0.3) is 0 Å². The number of hydrogen-bond donors (Lipinski definition) is 1. The van der Waals surface area contributed by atoms with Gasteiger partial charge in [0.1, 0.15) is 17.4 Å². The first-order valence-corrected chi connectivity index (χ1v) is 11.0. The van der Waals surface area contributed by atoms with Gasteiger partial charge < -0.3 is 15.4 Å². The number of ether oxygens (including phenoxy) is 1. The molecule has 0 saturated carbocycles.